The summed E-state index contributed by atoms with van der Waals surface area (Å²) in [5.41, 5.74) is 1.44. The Morgan fingerprint density at radius 3 is 2.46 bits per heavy atom. The van der Waals surface area contributed by atoms with Gasteiger partial charge in [0.25, 0.3) is 10.0 Å². The number of rotatable bonds is 5. The molecule has 0 bridgehead atoms. The summed E-state index contributed by atoms with van der Waals surface area (Å²) in [5.74, 6) is -0.0573. The number of anilines is 1. The monoisotopic (exact) mass is 368 g/mol. The van der Waals surface area contributed by atoms with E-state index in [-0.39, 0.29) is 16.0 Å². The molecule has 0 fully saturated rings. The maximum Gasteiger partial charge on any atom is 0.335 e. The van der Waals surface area contributed by atoms with Crippen LogP contribution in [-0.2, 0) is 16.4 Å². The molecule has 24 heavy (non-hydrogen) atoms. The second kappa shape index (κ2) is 7.59. The molecule has 0 saturated carbocycles. The van der Waals surface area contributed by atoms with Crippen LogP contribution in [0, 0.1) is 6.92 Å². The fourth-order valence-corrected chi connectivity index (χ4v) is 3.30. The van der Waals surface area contributed by atoms with Crippen molar-refractivity contribution in [2.24, 2.45) is 0 Å². The molecule has 0 atom stereocenters. The van der Waals surface area contributed by atoms with Gasteiger partial charge in [-0.3, -0.25) is 5.32 Å². The Morgan fingerprint density at radius 2 is 1.88 bits per heavy atom. The van der Waals surface area contributed by atoms with Crippen molar-refractivity contribution in [1.29, 1.82) is 0 Å². The summed E-state index contributed by atoms with van der Waals surface area (Å²) >= 11 is 6.08. The van der Waals surface area contributed by atoms with Crippen molar-refractivity contribution in [3.63, 3.8) is 0 Å². The number of aromatic nitrogens is 2. The van der Waals surface area contributed by atoms with Gasteiger partial charge in [-0.2, -0.15) is 0 Å². The predicted octanol–water partition coefficient (Wildman–Crippen LogP) is 2.90. The number of carbonyl (C=O) groups is 1. The van der Waals surface area contributed by atoms with E-state index < -0.39 is 16.1 Å². The second-order valence-corrected chi connectivity index (χ2v) is 7.07. The molecule has 2 amide bonds. The Kier molecular flexibility index (Phi) is 5.74. The van der Waals surface area contributed by atoms with Crippen LogP contribution in [0.15, 0.2) is 35.2 Å². The highest BCUT2D eigenvalue weighted by Gasteiger charge is 2.18. The molecular weight excluding hydrogens is 352 g/mol. The zero-order valence-electron chi connectivity index (χ0n) is 13.2. The van der Waals surface area contributed by atoms with Crippen LogP contribution in [0.1, 0.15) is 24.6 Å². The van der Waals surface area contributed by atoms with Gasteiger partial charge in [0.1, 0.15) is 5.15 Å². The summed E-state index contributed by atoms with van der Waals surface area (Å²) in [6.45, 7) is 3.76. The maximum atomic E-state index is 12.1. The first kappa shape index (κ1) is 18.2. The number of aryl methyl sites for hydroxylation is 1. The summed E-state index contributed by atoms with van der Waals surface area (Å²) in [7, 11) is -3.97. The lowest BCUT2D eigenvalue weighted by atomic mass is 10.1. The van der Waals surface area contributed by atoms with E-state index in [1.807, 2.05) is 11.6 Å². The molecule has 0 saturated heterocycles. The molecular formula is C15H17ClN4O3S. The van der Waals surface area contributed by atoms with E-state index in [2.05, 4.69) is 15.3 Å². The van der Waals surface area contributed by atoms with Gasteiger partial charge < -0.3 is 0 Å². The molecule has 2 N–H and O–H groups in total. The predicted molar refractivity (Wildman–Crippen MR) is 91.6 cm³/mol. The molecule has 1 heterocycles. The molecule has 0 radical (unpaired) electrons. The number of halogens is 1. The zero-order valence-corrected chi connectivity index (χ0v) is 14.8. The molecule has 9 heteroatoms. The molecule has 0 aliphatic heterocycles. The minimum absolute atomic E-state index is 0.0198. The largest absolute Gasteiger partial charge is 0.335 e. The summed E-state index contributed by atoms with van der Waals surface area (Å²) < 4.78 is 26.0. The number of nitrogens with zero attached hydrogens (tertiary/aromatic N) is 2. The van der Waals surface area contributed by atoms with E-state index in [1.54, 1.807) is 25.1 Å². The minimum atomic E-state index is -3.97. The maximum absolute atomic E-state index is 12.1. The topological polar surface area (TPSA) is 101 Å². The van der Waals surface area contributed by atoms with E-state index >= 15 is 0 Å². The molecule has 0 unspecified atom stereocenters. The number of amides is 2. The number of carbonyl (C=O) groups excluding carboxylic acids is 1. The van der Waals surface area contributed by atoms with Crippen molar-refractivity contribution >= 4 is 33.6 Å². The van der Waals surface area contributed by atoms with Crippen molar-refractivity contribution in [3.05, 3.63) is 46.7 Å². The van der Waals surface area contributed by atoms with Crippen molar-refractivity contribution in [2.75, 3.05) is 5.32 Å². The van der Waals surface area contributed by atoms with E-state index in [1.165, 1.54) is 12.1 Å². The van der Waals surface area contributed by atoms with E-state index in [0.29, 0.717) is 5.69 Å². The third kappa shape index (κ3) is 4.42. The third-order valence-corrected chi connectivity index (χ3v) is 4.83. The van der Waals surface area contributed by atoms with Gasteiger partial charge >= 0.3 is 6.03 Å². The average Bonchev–Trinajstić information content (AvgIpc) is 2.51. The van der Waals surface area contributed by atoms with Crippen LogP contribution >= 0.6 is 11.6 Å². The Balaban J connectivity index is 2.13. The van der Waals surface area contributed by atoms with Gasteiger partial charge in [-0.1, -0.05) is 43.1 Å². The van der Waals surface area contributed by atoms with Crippen molar-refractivity contribution in [3.8, 4) is 0 Å². The lowest BCUT2D eigenvalue weighted by molar-refractivity contribution is 0.256. The van der Waals surface area contributed by atoms with Gasteiger partial charge in [0.2, 0.25) is 5.95 Å². The summed E-state index contributed by atoms with van der Waals surface area (Å²) in [6, 6.07) is 6.60. The summed E-state index contributed by atoms with van der Waals surface area (Å²) in [6.07, 6.45) is 1.60. The molecule has 7 nitrogen and oxygen atoms in total. The lowest BCUT2D eigenvalue weighted by Crippen LogP contribution is -2.35. The Bertz CT molecular complexity index is 818. The van der Waals surface area contributed by atoms with Crippen LogP contribution < -0.4 is 10.0 Å². The molecule has 0 aliphatic rings. The molecule has 1 aromatic heterocycles. The highest BCUT2D eigenvalue weighted by molar-refractivity contribution is 7.90. The first-order valence-corrected chi connectivity index (χ1v) is 9.11. The third-order valence-electron chi connectivity index (χ3n) is 3.17. The fraction of sp³-hybridized carbons (Fsp3) is 0.267. The van der Waals surface area contributed by atoms with Gasteiger partial charge in [0, 0.05) is 11.3 Å². The van der Waals surface area contributed by atoms with Crippen LogP contribution in [0.25, 0.3) is 0 Å². The van der Waals surface area contributed by atoms with Crippen LogP contribution in [0.2, 0.25) is 5.15 Å². The highest BCUT2D eigenvalue weighted by Crippen LogP contribution is 2.20. The van der Waals surface area contributed by atoms with Gasteiger partial charge in [0.15, 0.2) is 0 Å². The molecule has 2 aromatic rings. The van der Waals surface area contributed by atoms with Crippen molar-refractivity contribution < 1.29 is 13.2 Å². The molecule has 0 aliphatic carbocycles. The Morgan fingerprint density at radius 1 is 1.21 bits per heavy atom. The fourth-order valence-electron chi connectivity index (χ4n) is 2.06. The molecule has 2 rings (SSSR count). The van der Waals surface area contributed by atoms with Crippen molar-refractivity contribution in [1.82, 2.24) is 14.7 Å². The summed E-state index contributed by atoms with van der Waals surface area (Å²) in [4.78, 5) is 20.0. The smallest absolute Gasteiger partial charge is 0.275 e. The number of benzene rings is 1. The number of nitrogens with one attached hydrogen (secondary N) is 2. The standard InChI is InChI=1S/C15H17ClN4O3S/c1-3-7-12-10(2)17-14(18-13(12)16)19-15(21)20-24(22,23)11-8-5-4-6-9-11/h4-6,8-9H,3,7H2,1-2H3,(H2,17,18,19,20,21). The van der Waals surface area contributed by atoms with Crippen LogP contribution in [0.3, 0.4) is 0 Å². The SMILES string of the molecule is CCCc1c(C)nc(NC(=O)NS(=O)(=O)c2ccccc2)nc1Cl. The van der Waals surface area contributed by atoms with Crippen LogP contribution in [0.5, 0.6) is 0 Å². The molecule has 0 spiro atoms. The van der Waals surface area contributed by atoms with Gasteiger partial charge in [-0.15, -0.1) is 0 Å². The van der Waals surface area contributed by atoms with Gasteiger partial charge in [0.05, 0.1) is 4.90 Å². The number of hydrogen-bond donors (Lipinski definition) is 2. The first-order valence-electron chi connectivity index (χ1n) is 7.25. The van der Waals surface area contributed by atoms with Gasteiger partial charge in [-0.05, 0) is 25.5 Å². The zero-order chi connectivity index (χ0) is 17.7. The highest BCUT2D eigenvalue weighted by atomic mass is 35.5. The number of hydrogen-bond acceptors (Lipinski definition) is 5. The number of sulfonamides is 1. The van der Waals surface area contributed by atoms with E-state index in [4.69, 9.17) is 11.6 Å². The molecule has 1 aromatic carbocycles. The Hall–Kier alpha value is -2.19. The quantitative estimate of drug-likeness (QED) is 0.790. The Labute approximate surface area is 145 Å². The van der Waals surface area contributed by atoms with E-state index in [0.717, 1.165) is 18.4 Å². The average molecular weight is 369 g/mol. The van der Waals surface area contributed by atoms with Gasteiger partial charge in [-0.25, -0.2) is 27.9 Å². The summed E-state index contributed by atoms with van der Waals surface area (Å²) in [5, 5.41) is 2.52. The first-order chi connectivity index (χ1) is 11.3. The second-order valence-electron chi connectivity index (χ2n) is 5.02. The molecule has 128 valence electrons. The number of urea groups is 1. The van der Waals surface area contributed by atoms with E-state index in [9.17, 15) is 13.2 Å². The minimum Gasteiger partial charge on any atom is -0.275 e. The van der Waals surface area contributed by atoms with Crippen molar-refractivity contribution in [2.45, 2.75) is 31.6 Å². The normalized spacial score (nSPS) is 11.1. The lowest BCUT2D eigenvalue weighted by Gasteiger charge is -2.10. The van der Waals surface area contributed by atoms with Crippen LogP contribution in [0.4, 0.5) is 10.7 Å². The van der Waals surface area contributed by atoms with Crippen LogP contribution in [-0.4, -0.2) is 24.4 Å².